The van der Waals surface area contributed by atoms with Gasteiger partial charge in [-0.15, -0.1) is 0 Å². The van der Waals surface area contributed by atoms with Crippen molar-refractivity contribution in [2.75, 3.05) is 11.9 Å². The van der Waals surface area contributed by atoms with Gasteiger partial charge in [-0.25, -0.2) is 9.48 Å². The van der Waals surface area contributed by atoms with Crippen LogP contribution in [0.4, 0.5) is 23.7 Å². The molecule has 0 aliphatic heterocycles. The number of ether oxygens (including phenoxy) is 1. The molecule has 0 saturated heterocycles. The minimum Gasteiger partial charge on any atom is -0.444 e. The van der Waals surface area contributed by atoms with Crippen molar-refractivity contribution in [1.29, 1.82) is 0 Å². The van der Waals surface area contributed by atoms with Crippen molar-refractivity contribution in [3.05, 3.63) is 125 Å². The first-order chi connectivity index (χ1) is 23.3. The maximum absolute atomic E-state index is 13.9. The predicted molar refractivity (Wildman–Crippen MR) is 182 cm³/mol. The highest BCUT2D eigenvalue weighted by Gasteiger charge is 2.38. The fraction of sp³-hybridized carbons (Fsp3) is 0.289. The molecule has 1 fully saturated rings. The van der Waals surface area contributed by atoms with E-state index >= 15 is 0 Å². The monoisotopic (exact) mass is 669 g/mol. The minimum atomic E-state index is -4.77. The van der Waals surface area contributed by atoms with Crippen molar-refractivity contribution in [3.8, 4) is 5.69 Å². The Kier molecular flexibility index (Phi) is 9.22. The molecule has 1 atom stereocenters. The van der Waals surface area contributed by atoms with Gasteiger partial charge in [0, 0.05) is 24.8 Å². The van der Waals surface area contributed by atoms with Gasteiger partial charge in [-0.3, -0.25) is 9.69 Å². The second-order valence-electron chi connectivity index (χ2n) is 13.3. The second kappa shape index (κ2) is 13.4. The molecule has 3 N–H and O–H groups in total. The number of nitrogens with one attached hydrogen (secondary N) is 1. The summed E-state index contributed by atoms with van der Waals surface area (Å²) in [6.07, 6.45) is -3.24. The van der Waals surface area contributed by atoms with Crippen molar-refractivity contribution in [2.24, 2.45) is 11.7 Å². The van der Waals surface area contributed by atoms with Crippen LogP contribution in [0.15, 0.2) is 97.1 Å². The van der Waals surface area contributed by atoms with Gasteiger partial charge in [0.05, 0.1) is 11.7 Å². The molecule has 6 rings (SSSR count). The van der Waals surface area contributed by atoms with Gasteiger partial charge in [0.1, 0.15) is 11.3 Å². The zero-order valence-corrected chi connectivity index (χ0v) is 27.5. The summed E-state index contributed by atoms with van der Waals surface area (Å²) in [5, 5.41) is 8.47. The average molecular weight is 670 g/mol. The van der Waals surface area contributed by atoms with Crippen LogP contribution in [0.5, 0.6) is 0 Å². The molecule has 0 radical (unpaired) electrons. The standard InChI is InChI=1S/C38H38F3N5O3/c1-37(2,3)49-36(48)45(23-24-17-18-24)34(31-16-8-11-26-10-4-5-15-30(26)31)27-12-7-13-28(20-27)43-35(47)32-21-33(38(39,40)41)44-46(32)29-14-6-9-25(19-29)22-42/h4-16,19-21,24,34H,17-18,22-23,42H2,1-3H3,(H,43,47). The lowest BCUT2D eigenvalue weighted by atomic mass is 9.92. The third-order valence-corrected chi connectivity index (χ3v) is 8.29. The molecule has 11 heteroatoms. The van der Waals surface area contributed by atoms with Crippen molar-refractivity contribution in [1.82, 2.24) is 14.7 Å². The van der Waals surface area contributed by atoms with E-state index in [4.69, 9.17) is 10.5 Å². The van der Waals surface area contributed by atoms with E-state index in [0.29, 0.717) is 29.3 Å². The normalized spacial score (nSPS) is 14.0. The molecule has 1 heterocycles. The predicted octanol–water partition coefficient (Wildman–Crippen LogP) is 8.49. The number of benzene rings is 4. The van der Waals surface area contributed by atoms with E-state index in [0.717, 1.165) is 39.9 Å². The summed E-state index contributed by atoms with van der Waals surface area (Å²) in [5.74, 6) is -0.462. The van der Waals surface area contributed by atoms with Gasteiger partial charge in [-0.05, 0) is 91.3 Å². The van der Waals surface area contributed by atoms with Crippen LogP contribution in [0.3, 0.4) is 0 Å². The number of nitrogens with zero attached hydrogens (tertiary/aromatic N) is 3. The molecule has 254 valence electrons. The number of rotatable bonds is 9. The number of hydrogen-bond donors (Lipinski definition) is 2. The Labute approximate surface area is 282 Å². The van der Waals surface area contributed by atoms with Gasteiger partial charge in [0.2, 0.25) is 0 Å². The Hall–Kier alpha value is -5.16. The van der Waals surface area contributed by atoms with Crippen LogP contribution in [-0.2, 0) is 17.5 Å². The van der Waals surface area contributed by atoms with Gasteiger partial charge in [0.25, 0.3) is 5.91 Å². The smallest absolute Gasteiger partial charge is 0.435 e. The van der Waals surface area contributed by atoms with Gasteiger partial charge >= 0.3 is 12.3 Å². The van der Waals surface area contributed by atoms with Crippen LogP contribution in [-0.4, -0.2) is 38.8 Å². The van der Waals surface area contributed by atoms with E-state index in [1.807, 2.05) is 69.3 Å². The number of amides is 2. The molecule has 1 aliphatic rings. The fourth-order valence-electron chi connectivity index (χ4n) is 5.88. The second-order valence-corrected chi connectivity index (χ2v) is 13.3. The zero-order valence-electron chi connectivity index (χ0n) is 27.5. The number of aromatic nitrogens is 2. The summed E-state index contributed by atoms with van der Waals surface area (Å²) >= 11 is 0. The molecule has 0 spiro atoms. The molecule has 1 aliphatic carbocycles. The van der Waals surface area contributed by atoms with Gasteiger partial charge in [0.15, 0.2) is 5.69 Å². The van der Waals surface area contributed by atoms with Gasteiger partial charge < -0.3 is 15.8 Å². The van der Waals surface area contributed by atoms with E-state index in [-0.39, 0.29) is 17.9 Å². The highest BCUT2D eigenvalue weighted by Crippen LogP contribution is 2.39. The van der Waals surface area contributed by atoms with E-state index < -0.39 is 35.5 Å². The maximum Gasteiger partial charge on any atom is 0.435 e. The van der Waals surface area contributed by atoms with Crippen LogP contribution < -0.4 is 11.1 Å². The van der Waals surface area contributed by atoms with Crippen molar-refractivity contribution >= 4 is 28.5 Å². The van der Waals surface area contributed by atoms with Crippen LogP contribution in [0.2, 0.25) is 0 Å². The largest absolute Gasteiger partial charge is 0.444 e. The third kappa shape index (κ3) is 7.78. The van der Waals surface area contributed by atoms with E-state index in [2.05, 4.69) is 10.4 Å². The summed E-state index contributed by atoms with van der Waals surface area (Å²) in [5.41, 5.74) is 6.36. The Morgan fingerprint density at radius 3 is 2.39 bits per heavy atom. The number of halogens is 3. The molecular formula is C38H38F3N5O3. The maximum atomic E-state index is 13.9. The SMILES string of the molecule is CC(C)(C)OC(=O)N(CC1CC1)C(c1cccc(NC(=O)c2cc(C(F)(F)F)nn2-c2cccc(CN)c2)c1)c1cccc2ccccc12. The molecule has 4 aromatic carbocycles. The van der Waals surface area contributed by atoms with Crippen molar-refractivity contribution in [2.45, 2.75) is 58.0 Å². The average Bonchev–Trinajstić information content (AvgIpc) is 3.76. The molecule has 1 unspecified atom stereocenters. The highest BCUT2D eigenvalue weighted by molar-refractivity contribution is 6.03. The number of nitrogens with two attached hydrogens (primary N) is 1. The third-order valence-electron chi connectivity index (χ3n) is 8.29. The lowest BCUT2D eigenvalue weighted by Gasteiger charge is -2.35. The van der Waals surface area contributed by atoms with Crippen LogP contribution in [0.1, 0.15) is 72.5 Å². The van der Waals surface area contributed by atoms with Gasteiger partial charge in [-0.2, -0.15) is 18.3 Å². The fourth-order valence-corrected chi connectivity index (χ4v) is 5.88. The molecule has 2 amide bonds. The molecule has 1 aromatic heterocycles. The van der Waals surface area contributed by atoms with Crippen molar-refractivity contribution < 1.29 is 27.5 Å². The number of anilines is 1. The summed E-state index contributed by atoms with van der Waals surface area (Å²) in [6, 6.07) is 27.5. The number of alkyl halides is 3. The Morgan fingerprint density at radius 2 is 1.67 bits per heavy atom. The van der Waals surface area contributed by atoms with E-state index in [1.54, 1.807) is 47.4 Å². The van der Waals surface area contributed by atoms with Gasteiger partial charge in [-0.1, -0.05) is 66.7 Å². The first-order valence-electron chi connectivity index (χ1n) is 16.2. The first kappa shape index (κ1) is 33.7. The summed E-state index contributed by atoms with van der Waals surface area (Å²) in [6.45, 7) is 6.11. The molecule has 1 saturated carbocycles. The highest BCUT2D eigenvalue weighted by atomic mass is 19.4. The molecule has 0 bridgehead atoms. The Morgan fingerprint density at radius 1 is 0.959 bits per heavy atom. The zero-order chi connectivity index (χ0) is 34.9. The summed E-state index contributed by atoms with van der Waals surface area (Å²) in [7, 11) is 0. The first-order valence-corrected chi connectivity index (χ1v) is 16.2. The van der Waals surface area contributed by atoms with E-state index in [9.17, 15) is 22.8 Å². The number of fused-ring (bicyclic) bond motifs is 1. The van der Waals surface area contributed by atoms with Crippen LogP contribution in [0, 0.1) is 5.92 Å². The van der Waals surface area contributed by atoms with Crippen LogP contribution in [0.25, 0.3) is 16.5 Å². The van der Waals surface area contributed by atoms with E-state index in [1.165, 1.54) is 0 Å². The topological polar surface area (TPSA) is 102 Å². The Bertz CT molecular complexity index is 1990. The van der Waals surface area contributed by atoms with Crippen molar-refractivity contribution in [3.63, 3.8) is 0 Å². The molecule has 49 heavy (non-hydrogen) atoms. The quantitative estimate of drug-likeness (QED) is 0.164. The number of carbonyl (C=O) groups excluding carboxylic acids is 2. The van der Waals surface area contributed by atoms with Crippen LogP contribution >= 0.6 is 0 Å². The minimum absolute atomic E-state index is 0.161. The molecule has 5 aromatic rings. The molecular weight excluding hydrogens is 631 g/mol. The summed E-state index contributed by atoms with van der Waals surface area (Å²) < 4.78 is 48.3. The Balaban J connectivity index is 1.42. The number of hydrogen-bond acceptors (Lipinski definition) is 5. The lowest BCUT2D eigenvalue weighted by molar-refractivity contribution is -0.141. The number of carbonyl (C=O) groups is 2. The molecule has 8 nitrogen and oxygen atoms in total. The summed E-state index contributed by atoms with van der Waals surface area (Å²) in [4.78, 5) is 29.4. The lowest BCUT2D eigenvalue weighted by Crippen LogP contribution is -2.41.